The van der Waals surface area contributed by atoms with Crippen LogP contribution in [0.1, 0.15) is 59.3 Å². The number of ether oxygens (including phenoxy) is 1. The highest BCUT2D eigenvalue weighted by molar-refractivity contribution is 6.06. The molecule has 6 heteroatoms. The Morgan fingerprint density at radius 3 is 2.62 bits per heavy atom. The van der Waals surface area contributed by atoms with Crippen molar-refractivity contribution in [3.63, 3.8) is 0 Å². The fourth-order valence-electron chi connectivity index (χ4n) is 3.60. The fraction of sp³-hybridized carbons (Fsp3) is 0.550. The second kappa shape index (κ2) is 7.58. The Morgan fingerprint density at radius 1 is 1.35 bits per heavy atom. The van der Waals surface area contributed by atoms with E-state index in [-0.39, 0.29) is 30.6 Å². The van der Waals surface area contributed by atoms with Gasteiger partial charge < -0.3 is 15.6 Å². The normalized spacial score (nSPS) is 16.3. The monoisotopic (exact) mass is 361 g/mol. The smallest absolute Gasteiger partial charge is 0.322 e. The molecule has 0 saturated carbocycles. The molecule has 1 aliphatic carbocycles. The molecule has 1 atom stereocenters. The molecule has 3 N–H and O–H groups in total. The van der Waals surface area contributed by atoms with E-state index in [2.05, 4.69) is 6.07 Å². The lowest BCUT2D eigenvalue weighted by atomic mass is 9.88. The largest absolute Gasteiger partial charge is 0.481 e. The quantitative estimate of drug-likeness (QED) is 0.722. The number of carboxylic acid groups (broad SMARTS) is 1. The van der Waals surface area contributed by atoms with E-state index >= 15 is 0 Å². The van der Waals surface area contributed by atoms with Crippen molar-refractivity contribution in [1.29, 1.82) is 0 Å². The second-order valence-electron chi connectivity index (χ2n) is 7.68. The number of aryl methyl sites for hydroxylation is 1. The van der Waals surface area contributed by atoms with Gasteiger partial charge in [0.15, 0.2) is 5.78 Å². The lowest BCUT2D eigenvalue weighted by molar-refractivity contribution is -0.145. The van der Waals surface area contributed by atoms with Gasteiger partial charge in [-0.15, -0.1) is 0 Å². The highest BCUT2D eigenvalue weighted by Gasteiger charge is 2.39. The number of carbonyl (C=O) groups is 3. The summed E-state index contributed by atoms with van der Waals surface area (Å²) in [5.41, 5.74) is 10.2. The zero-order valence-corrected chi connectivity index (χ0v) is 15.8. The number of Topliss-reactive ketones (excluding diaryl/α,β-unsaturated/α-hetero) is 1. The molecule has 0 saturated heterocycles. The van der Waals surface area contributed by atoms with Crippen molar-refractivity contribution in [2.75, 3.05) is 6.61 Å². The molecule has 0 heterocycles. The van der Waals surface area contributed by atoms with E-state index in [1.54, 1.807) is 0 Å². The Kier molecular flexibility index (Phi) is 5.86. The van der Waals surface area contributed by atoms with Crippen LogP contribution in [0, 0.1) is 19.3 Å². The highest BCUT2D eigenvalue weighted by Crippen LogP contribution is 2.39. The van der Waals surface area contributed by atoms with Crippen molar-refractivity contribution in [2.24, 2.45) is 11.1 Å². The molecule has 0 spiro atoms. The zero-order valence-electron chi connectivity index (χ0n) is 15.8. The summed E-state index contributed by atoms with van der Waals surface area (Å²) in [6, 6.07) is 1.13. The first-order chi connectivity index (χ1) is 12.0. The van der Waals surface area contributed by atoms with Crippen molar-refractivity contribution in [3.8, 4) is 0 Å². The number of aliphatic carboxylic acids is 1. The highest BCUT2D eigenvalue weighted by atomic mass is 16.5. The number of hydrogen-bond acceptors (Lipinski definition) is 5. The van der Waals surface area contributed by atoms with Crippen LogP contribution in [-0.2, 0) is 27.2 Å². The van der Waals surface area contributed by atoms with Crippen LogP contribution in [0.15, 0.2) is 6.07 Å². The molecule has 0 bridgehead atoms. The third kappa shape index (κ3) is 4.12. The molecule has 1 aromatic rings. The van der Waals surface area contributed by atoms with Crippen LogP contribution in [-0.4, -0.2) is 35.5 Å². The zero-order chi connectivity index (χ0) is 19.6. The fourth-order valence-corrected chi connectivity index (χ4v) is 3.60. The maximum Gasteiger partial charge on any atom is 0.322 e. The van der Waals surface area contributed by atoms with Gasteiger partial charge in [-0.1, -0.05) is 19.9 Å². The van der Waals surface area contributed by atoms with E-state index in [9.17, 15) is 14.4 Å². The van der Waals surface area contributed by atoms with Crippen LogP contribution < -0.4 is 5.73 Å². The van der Waals surface area contributed by atoms with Gasteiger partial charge in [-0.2, -0.15) is 0 Å². The number of benzene rings is 1. The second-order valence-corrected chi connectivity index (χ2v) is 7.68. The number of carboxylic acids is 1. The molecule has 0 amide bonds. The molecule has 1 aliphatic rings. The van der Waals surface area contributed by atoms with Gasteiger partial charge in [0.05, 0.1) is 6.61 Å². The maximum absolute atomic E-state index is 12.7. The molecule has 1 aromatic carbocycles. The van der Waals surface area contributed by atoms with Crippen molar-refractivity contribution in [1.82, 2.24) is 0 Å². The Labute approximate surface area is 153 Å². The predicted octanol–water partition coefficient (Wildman–Crippen LogP) is 2.35. The average molecular weight is 361 g/mol. The molecule has 0 radical (unpaired) electrons. The Morgan fingerprint density at radius 2 is 2.00 bits per heavy atom. The number of rotatable bonds is 7. The summed E-state index contributed by atoms with van der Waals surface area (Å²) in [6.45, 7) is 8.02. The first-order valence-corrected chi connectivity index (χ1v) is 8.85. The SMILES string of the molecule is Cc1cc2c(c(C)c1CCOC(=O)[C@@H](N)CCC(=O)O)C(=O)C(C)(C)C2. The molecule has 26 heavy (non-hydrogen) atoms. The summed E-state index contributed by atoms with van der Waals surface area (Å²) in [7, 11) is 0. The van der Waals surface area contributed by atoms with E-state index in [4.69, 9.17) is 15.6 Å². The van der Waals surface area contributed by atoms with Gasteiger partial charge in [-0.05, 0) is 48.9 Å². The number of carbonyl (C=O) groups excluding carboxylic acids is 2. The van der Waals surface area contributed by atoms with E-state index in [0.29, 0.717) is 6.42 Å². The first-order valence-electron chi connectivity index (χ1n) is 8.85. The van der Waals surface area contributed by atoms with Crippen LogP contribution in [0.4, 0.5) is 0 Å². The summed E-state index contributed by atoms with van der Waals surface area (Å²) in [6.07, 6.45) is 1.12. The number of nitrogens with two attached hydrogens (primary N) is 1. The third-order valence-electron chi connectivity index (χ3n) is 5.06. The Bertz CT molecular complexity index is 751. The van der Waals surface area contributed by atoms with Crippen molar-refractivity contribution in [3.05, 3.63) is 33.9 Å². The van der Waals surface area contributed by atoms with Crippen LogP contribution in [0.5, 0.6) is 0 Å². The minimum Gasteiger partial charge on any atom is -0.481 e. The maximum atomic E-state index is 12.7. The molecule has 0 aliphatic heterocycles. The van der Waals surface area contributed by atoms with Crippen LogP contribution in [0.2, 0.25) is 0 Å². The molecule has 6 nitrogen and oxygen atoms in total. The lowest BCUT2D eigenvalue weighted by Gasteiger charge is -2.16. The summed E-state index contributed by atoms with van der Waals surface area (Å²) in [4.78, 5) is 35.0. The number of hydrogen-bond donors (Lipinski definition) is 2. The Hall–Kier alpha value is -2.21. The minimum absolute atomic E-state index is 0.0502. The Balaban J connectivity index is 2.03. The van der Waals surface area contributed by atoms with E-state index in [1.165, 1.54) is 0 Å². The lowest BCUT2D eigenvalue weighted by Crippen LogP contribution is -2.33. The predicted molar refractivity (Wildman–Crippen MR) is 97.2 cm³/mol. The number of ketones is 1. The van der Waals surface area contributed by atoms with Gasteiger partial charge in [0.25, 0.3) is 0 Å². The average Bonchev–Trinajstić information content (AvgIpc) is 2.76. The van der Waals surface area contributed by atoms with Gasteiger partial charge >= 0.3 is 11.9 Å². The summed E-state index contributed by atoms with van der Waals surface area (Å²) in [5.74, 6) is -1.43. The molecular weight excluding hydrogens is 334 g/mol. The van der Waals surface area contributed by atoms with Gasteiger partial charge in [-0.3, -0.25) is 14.4 Å². The molecule has 0 fully saturated rings. The molecule has 2 rings (SSSR count). The summed E-state index contributed by atoms with van der Waals surface area (Å²) < 4.78 is 5.20. The third-order valence-corrected chi connectivity index (χ3v) is 5.06. The van der Waals surface area contributed by atoms with E-state index < -0.39 is 18.0 Å². The summed E-state index contributed by atoms with van der Waals surface area (Å²) in [5, 5.41) is 8.63. The molecule has 142 valence electrons. The van der Waals surface area contributed by atoms with Crippen molar-refractivity contribution < 1.29 is 24.2 Å². The standard InChI is InChI=1S/C20H27NO5/c1-11-9-13-10-20(3,4)18(24)17(13)12(2)14(11)7-8-26-19(25)15(21)5-6-16(22)23/h9,15H,5-8,10,21H2,1-4H3,(H,22,23)/t15-/m0/s1. The van der Waals surface area contributed by atoms with Gasteiger partial charge in [-0.25, -0.2) is 0 Å². The topological polar surface area (TPSA) is 107 Å². The summed E-state index contributed by atoms with van der Waals surface area (Å²) >= 11 is 0. The van der Waals surface area contributed by atoms with E-state index in [1.807, 2.05) is 27.7 Å². The van der Waals surface area contributed by atoms with Crippen LogP contribution in [0.3, 0.4) is 0 Å². The van der Waals surface area contributed by atoms with E-state index in [0.717, 1.165) is 34.2 Å². The van der Waals surface area contributed by atoms with Crippen LogP contribution in [0.25, 0.3) is 0 Å². The van der Waals surface area contributed by atoms with Gasteiger partial charge in [0.2, 0.25) is 0 Å². The number of fused-ring (bicyclic) bond motifs is 1. The van der Waals surface area contributed by atoms with Gasteiger partial charge in [0, 0.05) is 23.8 Å². The van der Waals surface area contributed by atoms with Crippen molar-refractivity contribution >= 4 is 17.7 Å². The molecular formula is C20H27NO5. The molecule has 0 aromatic heterocycles. The van der Waals surface area contributed by atoms with Crippen molar-refractivity contribution in [2.45, 2.75) is 59.4 Å². The van der Waals surface area contributed by atoms with Gasteiger partial charge in [0.1, 0.15) is 6.04 Å². The van der Waals surface area contributed by atoms with Crippen LogP contribution >= 0.6 is 0 Å². The molecule has 0 unspecified atom stereocenters. The first kappa shape index (κ1) is 20.1. The number of esters is 1. The minimum atomic E-state index is -0.995.